The Hall–Kier alpha value is -2.64. The summed E-state index contributed by atoms with van der Waals surface area (Å²) < 4.78 is 3.36. The van der Waals surface area contributed by atoms with Crippen LogP contribution < -0.4 is 0 Å². The summed E-state index contributed by atoms with van der Waals surface area (Å²) >= 11 is 1.72. The van der Waals surface area contributed by atoms with E-state index in [0.717, 1.165) is 33.5 Å². The summed E-state index contributed by atoms with van der Waals surface area (Å²) in [5.74, 6) is 0. The summed E-state index contributed by atoms with van der Waals surface area (Å²) in [5.41, 5.74) is 2.84. The second kappa shape index (κ2) is 4.72. The van der Waals surface area contributed by atoms with E-state index in [0.29, 0.717) is 0 Å². The van der Waals surface area contributed by atoms with Gasteiger partial charge in [0.1, 0.15) is 5.01 Å². The molecule has 0 radical (unpaired) electrons. The van der Waals surface area contributed by atoms with Crippen molar-refractivity contribution in [3.63, 3.8) is 0 Å². The van der Waals surface area contributed by atoms with E-state index in [2.05, 4.69) is 21.7 Å². The molecule has 100 valence electrons. The predicted octanol–water partition coefficient (Wildman–Crippen LogP) is 4.17. The van der Waals surface area contributed by atoms with Crippen LogP contribution in [0, 0.1) is 11.3 Å². The van der Waals surface area contributed by atoms with E-state index in [1.165, 1.54) is 4.70 Å². The lowest BCUT2D eigenvalue weighted by molar-refractivity contribution is 0.831. The van der Waals surface area contributed by atoms with Gasteiger partial charge in [-0.05, 0) is 30.3 Å². The van der Waals surface area contributed by atoms with Gasteiger partial charge in [0.05, 0.1) is 28.4 Å². The monoisotopic (exact) mass is 289 g/mol. The van der Waals surface area contributed by atoms with Gasteiger partial charge in [0.15, 0.2) is 0 Å². The summed E-state index contributed by atoms with van der Waals surface area (Å²) in [5, 5.41) is 11.2. The first-order chi connectivity index (χ1) is 10.3. The highest BCUT2D eigenvalue weighted by Gasteiger charge is 2.08. The van der Waals surface area contributed by atoms with Crippen LogP contribution in [-0.2, 0) is 6.54 Å². The van der Waals surface area contributed by atoms with Gasteiger partial charge in [0.25, 0.3) is 0 Å². The van der Waals surface area contributed by atoms with E-state index >= 15 is 0 Å². The molecule has 0 atom stereocenters. The van der Waals surface area contributed by atoms with Gasteiger partial charge in [-0.25, -0.2) is 4.98 Å². The molecule has 2 heterocycles. The Labute approximate surface area is 125 Å². The van der Waals surface area contributed by atoms with Crippen LogP contribution in [0.25, 0.3) is 21.1 Å². The molecular formula is C17H11N3S. The zero-order valence-electron chi connectivity index (χ0n) is 11.2. The predicted molar refractivity (Wildman–Crippen MR) is 85.4 cm³/mol. The van der Waals surface area contributed by atoms with E-state index in [1.54, 1.807) is 11.3 Å². The number of thiazole rings is 1. The van der Waals surface area contributed by atoms with Crippen molar-refractivity contribution >= 4 is 32.5 Å². The van der Waals surface area contributed by atoms with Gasteiger partial charge in [-0.3, -0.25) is 0 Å². The molecule has 0 bridgehead atoms. The first-order valence-corrected chi connectivity index (χ1v) is 7.49. The molecule has 0 aliphatic heterocycles. The number of hydrogen-bond donors (Lipinski definition) is 0. The van der Waals surface area contributed by atoms with Crippen molar-refractivity contribution in [2.45, 2.75) is 6.54 Å². The second-order valence-corrected chi connectivity index (χ2v) is 5.98. The van der Waals surface area contributed by atoms with E-state index in [9.17, 15) is 0 Å². The Morgan fingerprint density at radius 2 is 2.00 bits per heavy atom. The number of para-hydroxylation sites is 1. The lowest BCUT2D eigenvalue weighted by Gasteiger charge is -2.02. The fraction of sp³-hybridized carbons (Fsp3) is 0.0588. The maximum absolute atomic E-state index is 9.16. The van der Waals surface area contributed by atoms with Gasteiger partial charge in [-0.2, -0.15) is 5.26 Å². The largest absolute Gasteiger partial charge is 0.341 e. The van der Waals surface area contributed by atoms with Gasteiger partial charge in [-0.15, -0.1) is 11.3 Å². The van der Waals surface area contributed by atoms with Crippen LogP contribution in [0.3, 0.4) is 0 Å². The Morgan fingerprint density at radius 3 is 2.86 bits per heavy atom. The van der Waals surface area contributed by atoms with Crippen molar-refractivity contribution in [3.8, 4) is 6.07 Å². The molecule has 0 saturated heterocycles. The maximum Gasteiger partial charge on any atom is 0.114 e. The molecular weight excluding hydrogens is 278 g/mol. The molecule has 2 aromatic heterocycles. The van der Waals surface area contributed by atoms with Crippen molar-refractivity contribution in [1.29, 1.82) is 5.26 Å². The van der Waals surface area contributed by atoms with Crippen LogP contribution in [0.4, 0.5) is 0 Å². The SMILES string of the molecule is N#Cc1cccc2c1ccn2Cc1nc2ccccc2s1. The first kappa shape index (κ1) is 12.1. The first-order valence-electron chi connectivity index (χ1n) is 6.67. The number of aromatic nitrogens is 2. The molecule has 0 aliphatic rings. The Bertz CT molecular complexity index is 955. The Balaban J connectivity index is 1.79. The number of nitriles is 1. The molecule has 0 amide bonds. The van der Waals surface area contributed by atoms with Crippen molar-refractivity contribution in [1.82, 2.24) is 9.55 Å². The van der Waals surface area contributed by atoms with Crippen molar-refractivity contribution in [3.05, 3.63) is 65.3 Å². The van der Waals surface area contributed by atoms with E-state index in [-0.39, 0.29) is 0 Å². The van der Waals surface area contributed by atoms with Crippen LogP contribution in [0.2, 0.25) is 0 Å². The van der Waals surface area contributed by atoms with Crippen LogP contribution in [0.5, 0.6) is 0 Å². The Kier molecular flexibility index (Phi) is 2.73. The molecule has 4 rings (SSSR count). The molecule has 4 heteroatoms. The summed E-state index contributed by atoms with van der Waals surface area (Å²) in [6.45, 7) is 0.734. The van der Waals surface area contributed by atoms with Crippen LogP contribution in [0.1, 0.15) is 10.6 Å². The number of nitrogens with zero attached hydrogens (tertiary/aromatic N) is 3. The highest BCUT2D eigenvalue weighted by Crippen LogP contribution is 2.25. The number of fused-ring (bicyclic) bond motifs is 2. The number of hydrogen-bond acceptors (Lipinski definition) is 3. The average molecular weight is 289 g/mol. The van der Waals surface area contributed by atoms with Gasteiger partial charge in [-0.1, -0.05) is 18.2 Å². The number of rotatable bonds is 2. The third kappa shape index (κ3) is 1.99. The van der Waals surface area contributed by atoms with Crippen molar-refractivity contribution < 1.29 is 0 Å². The molecule has 0 N–H and O–H groups in total. The molecule has 0 unspecified atom stereocenters. The standard InChI is InChI=1S/C17H11N3S/c18-10-12-4-3-6-15-13(12)8-9-20(15)11-17-19-14-5-1-2-7-16(14)21-17/h1-9H,11H2. The summed E-state index contributed by atoms with van der Waals surface area (Å²) in [7, 11) is 0. The minimum Gasteiger partial charge on any atom is -0.341 e. The minimum atomic E-state index is 0.718. The third-order valence-electron chi connectivity index (χ3n) is 3.58. The van der Waals surface area contributed by atoms with Gasteiger partial charge < -0.3 is 4.57 Å². The minimum absolute atomic E-state index is 0.718. The van der Waals surface area contributed by atoms with E-state index in [1.807, 2.05) is 48.7 Å². The molecule has 0 spiro atoms. The fourth-order valence-corrected chi connectivity index (χ4v) is 3.56. The van der Waals surface area contributed by atoms with Gasteiger partial charge in [0, 0.05) is 17.1 Å². The molecule has 4 aromatic rings. The number of benzene rings is 2. The second-order valence-electron chi connectivity index (χ2n) is 4.87. The quantitative estimate of drug-likeness (QED) is 0.555. The van der Waals surface area contributed by atoms with Gasteiger partial charge >= 0.3 is 0 Å². The third-order valence-corrected chi connectivity index (χ3v) is 4.60. The molecule has 0 saturated carbocycles. The Morgan fingerprint density at radius 1 is 1.10 bits per heavy atom. The lowest BCUT2D eigenvalue weighted by atomic mass is 10.1. The normalized spacial score (nSPS) is 11.0. The lowest BCUT2D eigenvalue weighted by Crippen LogP contribution is -1.97. The summed E-state index contributed by atoms with van der Waals surface area (Å²) in [4.78, 5) is 4.67. The smallest absolute Gasteiger partial charge is 0.114 e. The summed E-state index contributed by atoms with van der Waals surface area (Å²) in [6, 6.07) is 18.2. The molecule has 21 heavy (non-hydrogen) atoms. The van der Waals surface area contributed by atoms with Crippen LogP contribution in [-0.4, -0.2) is 9.55 Å². The van der Waals surface area contributed by atoms with Gasteiger partial charge in [0.2, 0.25) is 0 Å². The van der Waals surface area contributed by atoms with E-state index < -0.39 is 0 Å². The zero-order valence-corrected chi connectivity index (χ0v) is 12.0. The highest BCUT2D eigenvalue weighted by atomic mass is 32.1. The van der Waals surface area contributed by atoms with Crippen molar-refractivity contribution in [2.24, 2.45) is 0 Å². The summed E-state index contributed by atoms with van der Waals surface area (Å²) in [6.07, 6.45) is 2.03. The topological polar surface area (TPSA) is 41.6 Å². The maximum atomic E-state index is 9.16. The molecule has 2 aromatic carbocycles. The molecule has 0 fully saturated rings. The van der Waals surface area contributed by atoms with Crippen molar-refractivity contribution in [2.75, 3.05) is 0 Å². The highest BCUT2D eigenvalue weighted by molar-refractivity contribution is 7.18. The zero-order chi connectivity index (χ0) is 14.2. The van der Waals surface area contributed by atoms with Crippen LogP contribution in [0.15, 0.2) is 54.7 Å². The molecule has 0 aliphatic carbocycles. The fourth-order valence-electron chi connectivity index (χ4n) is 2.59. The van der Waals surface area contributed by atoms with Crippen LogP contribution >= 0.6 is 11.3 Å². The molecule has 3 nitrogen and oxygen atoms in total. The average Bonchev–Trinajstić information content (AvgIpc) is 3.11. The van der Waals surface area contributed by atoms with E-state index in [4.69, 9.17) is 5.26 Å².